The number of aryl methyl sites for hydroxylation is 1. The molecule has 2 heterocycles. The molecule has 0 radical (unpaired) electrons. The van der Waals surface area contributed by atoms with Crippen molar-refractivity contribution in [1.29, 1.82) is 10.5 Å². The number of hydrogen-bond donors (Lipinski definition) is 2. The topological polar surface area (TPSA) is 113 Å². The molecule has 0 aliphatic carbocycles. The molecule has 0 fully saturated rings. The van der Waals surface area contributed by atoms with Crippen LogP contribution in [-0.4, -0.2) is 4.98 Å². The van der Waals surface area contributed by atoms with E-state index in [4.69, 9.17) is 22.0 Å². The molecule has 2 aromatic heterocycles. The molecule has 0 spiro atoms. The number of aromatic nitrogens is 1. The maximum Gasteiger partial charge on any atom is 0.143 e. The Morgan fingerprint density at radius 1 is 1.25 bits per heavy atom. The number of anilines is 2. The molecule has 0 unspecified atom stereocenters. The van der Waals surface area contributed by atoms with Crippen molar-refractivity contribution < 1.29 is 0 Å². The number of fused-ring (bicyclic) bond motifs is 1. The Morgan fingerprint density at radius 2 is 1.94 bits per heavy atom. The molecular formula is C10H7N5S. The van der Waals surface area contributed by atoms with Crippen molar-refractivity contribution in [3.8, 4) is 12.1 Å². The number of nitrogen functional groups attached to an aromatic ring is 2. The molecule has 5 nitrogen and oxygen atoms in total. The molecule has 6 heteroatoms. The minimum atomic E-state index is 0.179. The van der Waals surface area contributed by atoms with Crippen molar-refractivity contribution >= 4 is 33.1 Å². The molecule has 0 aromatic carbocycles. The maximum atomic E-state index is 8.94. The SMILES string of the molecule is Cc1c(C#N)c(N)nc2sc(C#N)c(N)c12. The van der Waals surface area contributed by atoms with Gasteiger partial charge in [-0.05, 0) is 12.5 Å². The Labute approximate surface area is 95.5 Å². The van der Waals surface area contributed by atoms with Gasteiger partial charge in [0.1, 0.15) is 27.7 Å². The summed E-state index contributed by atoms with van der Waals surface area (Å²) in [5.74, 6) is 0.179. The highest BCUT2D eigenvalue weighted by Gasteiger charge is 2.17. The van der Waals surface area contributed by atoms with Crippen LogP contribution in [0.5, 0.6) is 0 Å². The molecule has 0 bridgehead atoms. The average Bonchev–Trinajstić information content (AvgIpc) is 2.55. The first-order valence-electron chi connectivity index (χ1n) is 4.38. The zero-order valence-corrected chi connectivity index (χ0v) is 9.22. The fraction of sp³-hybridized carbons (Fsp3) is 0.100. The van der Waals surface area contributed by atoms with Crippen LogP contribution in [0.3, 0.4) is 0 Å². The monoisotopic (exact) mass is 229 g/mol. The van der Waals surface area contributed by atoms with Crippen LogP contribution >= 0.6 is 11.3 Å². The van der Waals surface area contributed by atoms with E-state index in [2.05, 4.69) is 4.98 Å². The first kappa shape index (κ1) is 10.2. The van der Waals surface area contributed by atoms with Gasteiger partial charge in [-0.15, -0.1) is 11.3 Å². The van der Waals surface area contributed by atoms with E-state index in [1.54, 1.807) is 6.92 Å². The molecule has 0 atom stereocenters. The normalized spacial score (nSPS) is 9.94. The number of nitrogens with zero attached hydrogens (tertiary/aromatic N) is 3. The van der Waals surface area contributed by atoms with Crippen LogP contribution in [0, 0.1) is 29.6 Å². The van der Waals surface area contributed by atoms with E-state index < -0.39 is 0 Å². The van der Waals surface area contributed by atoms with Crippen LogP contribution in [0.4, 0.5) is 11.5 Å². The number of pyridine rings is 1. The van der Waals surface area contributed by atoms with E-state index in [0.29, 0.717) is 31.9 Å². The van der Waals surface area contributed by atoms with E-state index in [9.17, 15) is 0 Å². The Kier molecular flexibility index (Phi) is 2.15. The maximum absolute atomic E-state index is 8.94. The molecule has 0 saturated carbocycles. The van der Waals surface area contributed by atoms with Crippen LogP contribution in [0.2, 0.25) is 0 Å². The molecule has 0 amide bonds. The molecule has 16 heavy (non-hydrogen) atoms. The van der Waals surface area contributed by atoms with Crippen molar-refractivity contribution in [1.82, 2.24) is 4.98 Å². The molecular weight excluding hydrogens is 222 g/mol. The van der Waals surface area contributed by atoms with Crippen molar-refractivity contribution in [2.45, 2.75) is 6.92 Å². The zero-order chi connectivity index (χ0) is 11.9. The second-order valence-corrected chi connectivity index (χ2v) is 4.24. The summed E-state index contributed by atoms with van der Waals surface area (Å²) in [4.78, 5) is 5.08. The Bertz CT molecular complexity index is 671. The van der Waals surface area contributed by atoms with Crippen molar-refractivity contribution in [2.75, 3.05) is 11.5 Å². The highest BCUT2D eigenvalue weighted by Crippen LogP contribution is 2.36. The van der Waals surface area contributed by atoms with Gasteiger partial charge in [0.15, 0.2) is 0 Å². The van der Waals surface area contributed by atoms with E-state index in [-0.39, 0.29) is 5.82 Å². The number of rotatable bonds is 0. The number of nitriles is 2. The van der Waals surface area contributed by atoms with Gasteiger partial charge in [0, 0.05) is 5.39 Å². The molecule has 4 N–H and O–H groups in total. The van der Waals surface area contributed by atoms with Crippen molar-refractivity contribution in [3.63, 3.8) is 0 Å². The van der Waals surface area contributed by atoms with E-state index >= 15 is 0 Å². The summed E-state index contributed by atoms with van der Waals surface area (Å²) in [6, 6.07) is 3.99. The van der Waals surface area contributed by atoms with Crippen molar-refractivity contribution in [2.24, 2.45) is 0 Å². The Morgan fingerprint density at radius 3 is 2.50 bits per heavy atom. The van der Waals surface area contributed by atoms with Gasteiger partial charge < -0.3 is 11.5 Å². The van der Waals surface area contributed by atoms with E-state index in [1.165, 1.54) is 11.3 Å². The van der Waals surface area contributed by atoms with Gasteiger partial charge in [-0.2, -0.15) is 10.5 Å². The summed E-state index contributed by atoms with van der Waals surface area (Å²) < 4.78 is 0. The van der Waals surface area contributed by atoms with Gasteiger partial charge in [0.25, 0.3) is 0 Å². The number of hydrogen-bond acceptors (Lipinski definition) is 6. The Hall–Kier alpha value is -2.31. The van der Waals surface area contributed by atoms with E-state index in [1.807, 2.05) is 12.1 Å². The quantitative estimate of drug-likeness (QED) is 0.710. The number of thiophene rings is 1. The average molecular weight is 229 g/mol. The molecule has 0 saturated heterocycles. The van der Waals surface area contributed by atoms with E-state index in [0.717, 1.165) is 0 Å². The lowest BCUT2D eigenvalue weighted by Gasteiger charge is -2.03. The fourth-order valence-electron chi connectivity index (χ4n) is 1.58. The standard InChI is InChI=1S/C10H7N5S/c1-4-5(2-11)9(14)15-10-7(4)8(13)6(3-12)16-10/h13H2,1H3,(H2,14,15). The van der Waals surface area contributed by atoms with Gasteiger partial charge in [-0.25, -0.2) is 4.98 Å². The third-order valence-corrected chi connectivity index (χ3v) is 3.37. The third kappa shape index (κ3) is 1.18. The minimum absolute atomic E-state index is 0.179. The summed E-state index contributed by atoms with van der Waals surface area (Å²) in [7, 11) is 0. The summed E-state index contributed by atoms with van der Waals surface area (Å²) in [5.41, 5.74) is 12.9. The lowest BCUT2D eigenvalue weighted by molar-refractivity contribution is 1.35. The summed E-state index contributed by atoms with van der Waals surface area (Å²) >= 11 is 1.18. The Balaban J connectivity index is 3.00. The first-order valence-corrected chi connectivity index (χ1v) is 5.20. The molecule has 0 aliphatic heterocycles. The highest BCUT2D eigenvalue weighted by molar-refractivity contribution is 7.19. The van der Waals surface area contributed by atoms with Crippen LogP contribution in [0.25, 0.3) is 10.2 Å². The minimum Gasteiger partial charge on any atom is -0.396 e. The van der Waals surface area contributed by atoms with Gasteiger partial charge in [0.05, 0.1) is 11.3 Å². The summed E-state index contributed by atoms with van der Waals surface area (Å²) in [5, 5.41) is 18.5. The smallest absolute Gasteiger partial charge is 0.143 e. The largest absolute Gasteiger partial charge is 0.396 e. The number of nitrogens with two attached hydrogens (primary N) is 2. The first-order chi connectivity index (χ1) is 7.60. The van der Waals surface area contributed by atoms with Gasteiger partial charge in [-0.3, -0.25) is 0 Å². The van der Waals surface area contributed by atoms with Crippen LogP contribution < -0.4 is 11.5 Å². The molecule has 2 aromatic rings. The van der Waals surface area contributed by atoms with Crippen LogP contribution in [0.1, 0.15) is 16.0 Å². The summed E-state index contributed by atoms with van der Waals surface area (Å²) in [6.45, 7) is 1.75. The highest BCUT2D eigenvalue weighted by atomic mass is 32.1. The lowest BCUT2D eigenvalue weighted by atomic mass is 10.1. The van der Waals surface area contributed by atoms with Gasteiger partial charge in [-0.1, -0.05) is 0 Å². The second-order valence-electron chi connectivity index (χ2n) is 3.25. The van der Waals surface area contributed by atoms with Gasteiger partial charge in [0.2, 0.25) is 0 Å². The molecule has 78 valence electrons. The molecule has 2 rings (SSSR count). The predicted octanol–water partition coefficient (Wildman–Crippen LogP) is 1.51. The summed E-state index contributed by atoms with van der Waals surface area (Å²) in [6.07, 6.45) is 0. The second kappa shape index (κ2) is 3.37. The fourth-order valence-corrected chi connectivity index (χ4v) is 2.54. The molecule has 0 aliphatic rings. The van der Waals surface area contributed by atoms with Gasteiger partial charge >= 0.3 is 0 Å². The third-order valence-electron chi connectivity index (χ3n) is 2.37. The van der Waals surface area contributed by atoms with Crippen LogP contribution in [-0.2, 0) is 0 Å². The van der Waals surface area contributed by atoms with Crippen LogP contribution in [0.15, 0.2) is 0 Å². The predicted molar refractivity (Wildman–Crippen MR) is 62.6 cm³/mol. The van der Waals surface area contributed by atoms with Crippen molar-refractivity contribution in [3.05, 3.63) is 16.0 Å². The lowest BCUT2D eigenvalue weighted by Crippen LogP contribution is -1.98. The zero-order valence-electron chi connectivity index (χ0n) is 8.40.